The van der Waals surface area contributed by atoms with Crippen LogP contribution in [0, 0.1) is 0 Å². The van der Waals surface area contributed by atoms with Crippen molar-refractivity contribution in [3.8, 4) is 112 Å². The molecule has 0 aliphatic carbocycles. The average Bonchev–Trinajstić information content (AvgIpc) is 1.41. The van der Waals surface area contributed by atoms with E-state index in [-0.39, 0.29) is 0 Å². The van der Waals surface area contributed by atoms with Crippen LogP contribution in [0.3, 0.4) is 0 Å². The van der Waals surface area contributed by atoms with E-state index in [0.29, 0.717) is 0 Å². The second-order valence-corrected chi connectivity index (χ2v) is 33.6. The van der Waals surface area contributed by atoms with Gasteiger partial charge in [0.1, 0.15) is 0 Å². The van der Waals surface area contributed by atoms with Crippen LogP contribution < -0.4 is 0 Å². The van der Waals surface area contributed by atoms with Gasteiger partial charge in [-0.1, -0.05) is 364 Å². The fraction of sp³-hybridized carbons (Fsp3) is 0. The van der Waals surface area contributed by atoms with Crippen molar-refractivity contribution in [2.24, 2.45) is 0 Å². The third-order valence-electron chi connectivity index (χ3n) is 26.6. The first-order chi connectivity index (χ1) is 63.6. The van der Waals surface area contributed by atoms with Gasteiger partial charge in [0.15, 0.2) is 0 Å². The fourth-order valence-corrected chi connectivity index (χ4v) is 21.0. The molecule has 0 spiro atoms. The van der Waals surface area contributed by atoms with Crippen LogP contribution in [0.15, 0.2) is 485 Å². The highest BCUT2D eigenvalue weighted by Crippen LogP contribution is 2.51. The van der Waals surface area contributed by atoms with Crippen molar-refractivity contribution in [2.75, 3.05) is 0 Å². The second-order valence-electron chi connectivity index (χ2n) is 33.6. The van der Waals surface area contributed by atoms with Crippen LogP contribution in [0.4, 0.5) is 0 Å². The lowest BCUT2D eigenvalue weighted by Crippen LogP contribution is -1.94. The molecular weight excluding hydrogens is 1550 g/mol. The maximum absolute atomic E-state index is 2.49. The van der Waals surface area contributed by atoms with Crippen molar-refractivity contribution in [3.63, 3.8) is 0 Å². The molecule has 0 saturated heterocycles. The Bertz CT molecular complexity index is 8440. The first kappa shape index (κ1) is 73.8. The zero-order valence-electron chi connectivity index (χ0n) is 70.0. The molecule has 0 atom stereocenters. The van der Waals surface area contributed by atoms with Crippen molar-refractivity contribution < 1.29 is 0 Å². The molecule has 0 radical (unpaired) electrons. The third kappa shape index (κ3) is 12.1. The standard InChI is InChI=1S/2C62H40N2/c1-4-18-41(19-5-1)42-36-38-43(39-37-42)60-50-28-14-26-46(48-30-16-34-58-61(48)52-24-10-12-32-56(52)63(58)44-20-6-2-7-21-44)54(50)40-55-47(27-15-29-51(55)60)49-31-17-35-59-62(49)53-25-11-13-33-57(53)64(59)45-22-8-3-9-23-45;1-4-16-41(17-5-1)42-30-32-43(33-31-42)62-52-26-14-24-48(44-34-36-60-56(38-44)50-22-10-12-28-58(50)63(60)46-18-6-2-7-19-46)54(52)40-55-49(25-15-27-53(55)62)45-35-37-61-57(39-45)51-23-11-13-29-59(51)64(61)47-20-8-3-9-21-47/h2*1-40H. The average molecular weight is 1630 g/mol. The maximum Gasteiger partial charge on any atom is 0.0547 e. The maximum atomic E-state index is 2.49. The lowest BCUT2D eigenvalue weighted by molar-refractivity contribution is 1.18. The van der Waals surface area contributed by atoms with Gasteiger partial charge >= 0.3 is 0 Å². The van der Waals surface area contributed by atoms with E-state index < -0.39 is 0 Å². The minimum atomic E-state index is 1.16. The summed E-state index contributed by atoms with van der Waals surface area (Å²) < 4.78 is 9.61. The van der Waals surface area contributed by atoms with Gasteiger partial charge in [-0.2, -0.15) is 0 Å². The van der Waals surface area contributed by atoms with Crippen LogP contribution in [0.5, 0.6) is 0 Å². The molecule has 128 heavy (non-hydrogen) atoms. The number of benzene rings is 22. The van der Waals surface area contributed by atoms with Gasteiger partial charge < -0.3 is 18.3 Å². The SMILES string of the molecule is c1ccc(-c2ccc(-c3c4cccc(-c5ccc6c(c5)c5ccccc5n6-c5ccccc5)c4cc4c(-c5ccc6c(c5)c5ccccc5n6-c5ccccc5)cccc34)cc2)cc1.c1ccc(-c2ccc(-c3c4cccc(-c5cccc6c5c5ccccc5n6-c5ccccc5)c4cc4c(-c5cccc6c5c5ccccc5n6-c5ccccc5)cccc34)cc2)cc1. The summed E-state index contributed by atoms with van der Waals surface area (Å²) in [5.41, 5.74) is 33.7. The zero-order chi connectivity index (χ0) is 84.3. The fourth-order valence-electron chi connectivity index (χ4n) is 21.0. The van der Waals surface area contributed by atoms with Gasteiger partial charge in [0.05, 0.1) is 44.1 Å². The Morgan fingerprint density at radius 3 is 0.688 bits per heavy atom. The van der Waals surface area contributed by atoms with E-state index in [9.17, 15) is 0 Å². The predicted molar refractivity (Wildman–Crippen MR) is 544 cm³/mol. The Hall–Kier alpha value is -16.9. The molecule has 4 aromatic heterocycles. The van der Waals surface area contributed by atoms with Gasteiger partial charge in [-0.3, -0.25) is 0 Å². The molecule has 26 aromatic rings. The van der Waals surface area contributed by atoms with Crippen molar-refractivity contribution in [1.29, 1.82) is 0 Å². The van der Waals surface area contributed by atoms with E-state index in [1.54, 1.807) is 0 Å². The minimum Gasteiger partial charge on any atom is -0.309 e. The summed E-state index contributed by atoms with van der Waals surface area (Å²) in [4.78, 5) is 0. The van der Waals surface area contributed by atoms with Crippen molar-refractivity contribution >= 4 is 130 Å². The highest BCUT2D eigenvalue weighted by Gasteiger charge is 2.26. The first-order valence-electron chi connectivity index (χ1n) is 44.2. The van der Waals surface area contributed by atoms with Crippen molar-refractivity contribution in [2.45, 2.75) is 0 Å². The van der Waals surface area contributed by atoms with E-state index in [0.717, 1.165) is 22.7 Å². The Balaban J connectivity index is 0.000000139. The summed E-state index contributed by atoms with van der Waals surface area (Å²) in [6.07, 6.45) is 0. The molecule has 0 bridgehead atoms. The quantitative estimate of drug-likeness (QED) is 0.109. The van der Waals surface area contributed by atoms with Gasteiger partial charge in [-0.05, 0) is 253 Å². The van der Waals surface area contributed by atoms with Gasteiger partial charge in [0.2, 0.25) is 0 Å². The second kappa shape index (κ2) is 30.5. The zero-order valence-corrected chi connectivity index (χ0v) is 70.0. The Kier molecular flexibility index (Phi) is 17.6. The molecule has 0 unspecified atom stereocenters. The van der Waals surface area contributed by atoms with Crippen molar-refractivity contribution in [3.05, 3.63) is 485 Å². The normalized spacial score (nSPS) is 11.8. The molecule has 0 aliphatic heterocycles. The molecule has 0 saturated carbocycles. The van der Waals surface area contributed by atoms with E-state index in [1.807, 2.05) is 0 Å². The molecule has 0 amide bonds. The van der Waals surface area contributed by atoms with Gasteiger partial charge in [-0.15, -0.1) is 0 Å². The third-order valence-corrected chi connectivity index (χ3v) is 26.6. The molecule has 0 N–H and O–H groups in total. The van der Waals surface area contributed by atoms with Crippen LogP contribution in [-0.4, -0.2) is 18.3 Å². The summed E-state index contributed by atoms with van der Waals surface area (Å²) >= 11 is 0. The van der Waals surface area contributed by atoms with Gasteiger partial charge in [0, 0.05) is 65.8 Å². The first-order valence-corrected chi connectivity index (χ1v) is 44.2. The number of rotatable bonds is 12. The Morgan fingerprint density at radius 1 is 0.109 bits per heavy atom. The van der Waals surface area contributed by atoms with Crippen LogP contribution in [0.25, 0.3) is 242 Å². The molecule has 596 valence electrons. The Labute approximate surface area is 740 Å². The molecular formula is C124H80N4. The predicted octanol–water partition coefficient (Wildman–Crippen LogP) is 33.7. The summed E-state index contributed by atoms with van der Waals surface area (Å²) in [5, 5.41) is 19.9. The van der Waals surface area contributed by atoms with E-state index in [4.69, 9.17) is 0 Å². The molecule has 4 nitrogen and oxygen atoms in total. The largest absolute Gasteiger partial charge is 0.309 e. The summed E-state index contributed by atoms with van der Waals surface area (Å²) in [6.45, 7) is 0. The molecule has 4 heterocycles. The lowest BCUT2D eigenvalue weighted by Gasteiger charge is -2.18. The molecule has 4 heteroatoms. The summed E-state index contributed by atoms with van der Waals surface area (Å²) in [6, 6.07) is 178. The monoisotopic (exact) mass is 1620 g/mol. The number of aromatic nitrogens is 4. The van der Waals surface area contributed by atoms with E-state index >= 15 is 0 Å². The molecule has 26 rings (SSSR count). The molecule has 0 aliphatic rings. The van der Waals surface area contributed by atoms with Crippen molar-refractivity contribution in [1.82, 2.24) is 18.3 Å². The van der Waals surface area contributed by atoms with Gasteiger partial charge in [-0.25, -0.2) is 0 Å². The number of hydrogen-bond donors (Lipinski definition) is 0. The summed E-state index contributed by atoms with van der Waals surface area (Å²) in [7, 11) is 0. The topological polar surface area (TPSA) is 19.7 Å². The lowest BCUT2D eigenvalue weighted by atomic mass is 9.85. The number of nitrogens with zero attached hydrogens (tertiary/aromatic N) is 4. The van der Waals surface area contributed by atoms with Gasteiger partial charge in [0.25, 0.3) is 0 Å². The van der Waals surface area contributed by atoms with E-state index in [1.165, 1.54) is 219 Å². The number of para-hydroxylation sites is 8. The van der Waals surface area contributed by atoms with Crippen LogP contribution >= 0.6 is 0 Å². The van der Waals surface area contributed by atoms with E-state index in [2.05, 4.69) is 504 Å². The number of fused-ring (bicyclic) bond motifs is 16. The van der Waals surface area contributed by atoms with Crippen LogP contribution in [0.1, 0.15) is 0 Å². The highest BCUT2D eigenvalue weighted by atomic mass is 15.0. The van der Waals surface area contributed by atoms with Crippen LogP contribution in [-0.2, 0) is 0 Å². The summed E-state index contributed by atoms with van der Waals surface area (Å²) in [5.74, 6) is 0. The Morgan fingerprint density at radius 2 is 0.336 bits per heavy atom. The highest BCUT2D eigenvalue weighted by molar-refractivity contribution is 6.26. The molecule has 0 fully saturated rings. The minimum absolute atomic E-state index is 1.16. The van der Waals surface area contributed by atoms with Crippen LogP contribution in [0.2, 0.25) is 0 Å². The smallest absolute Gasteiger partial charge is 0.0547 e. The number of hydrogen-bond acceptors (Lipinski definition) is 0. The molecule has 22 aromatic carbocycles.